The minimum absolute atomic E-state index is 0.0575. The van der Waals surface area contributed by atoms with E-state index in [-0.39, 0.29) is 53.0 Å². The van der Waals surface area contributed by atoms with E-state index >= 15 is 4.39 Å². The zero-order chi connectivity index (χ0) is 32.3. The summed E-state index contributed by atoms with van der Waals surface area (Å²) in [5, 5.41) is -0.264. The molecule has 238 valence electrons. The zero-order valence-corrected chi connectivity index (χ0v) is 26.1. The number of amides is 1. The third kappa shape index (κ3) is 6.23. The molecule has 3 heterocycles. The number of nitrogens with zero attached hydrogens (tertiary/aromatic N) is 5. The lowest BCUT2D eigenvalue weighted by Gasteiger charge is -2.41. The zero-order valence-electron chi connectivity index (χ0n) is 25.3. The fraction of sp³-hybridized carbons (Fsp3) is 0.500. The number of ether oxygens (including phenoxy) is 1. The molecule has 8 nitrogen and oxygen atoms in total. The van der Waals surface area contributed by atoms with E-state index < -0.39 is 57.9 Å². The molecule has 0 radical (unpaired) electrons. The maximum absolute atomic E-state index is 15.2. The molecular formula is C30H34F5N5O3S. The number of aromatic nitrogens is 2. The Morgan fingerprint density at radius 3 is 2.41 bits per heavy atom. The SMILES string of the molecule is C[C@H]1CN(C(=O)OC(C)(C)C)CCN1c1nc(=O)n2c3c(c(-c4ccc(F)cc4F)c(C(F)(F)F)cc13)S[C@H](CN(C)C)C2. The van der Waals surface area contributed by atoms with Crippen LogP contribution in [-0.2, 0) is 17.5 Å². The molecule has 0 spiro atoms. The highest BCUT2D eigenvalue weighted by atomic mass is 32.2. The van der Waals surface area contributed by atoms with Crippen LogP contribution in [0.5, 0.6) is 0 Å². The van der Waals surface area contributed by atoms with Crippen LogP contribution in [0.1, 0.15) is 33.3 Å². The summed E-state index contributed by atoms with van der Waals surface area (Å²) in [7, 11) is 3.61. The van der Waals surface area contributed by atoms with Gasteiger partial charge in [-0.3, -0.25) is 4.57 Å². The number of halogens is 5. The molecule has 1 fully saturated rings. The smallest absolute Gasteiger partial charge is 0.417 e. The Morgan fingerprint density at radius 2 is 1.82 bits per heavy atom. The van der Waals surface area contributed by atoms with Crippen molar-refractivity contribution in [3.63, 3.8) is 0 Å². The minimum Gasteiger partial charge on any atom is -0.444 e. The Bertz CT molecular complexity index is 1670. The molecule has 1 saturated heterocycles. The largest absolute Gasteiger partial charge is 0.444 e. The molecule has 1 amide bonds. The van der Waals surface area contributed by atoms with Gasteiger partial charge in [0.1, 0.15) is 23.1 Å². The summed E-state index contributed by atoms with van der Waals surface area (Å²) in [6.45, 7) is 8.22. The van der Waals surface area contributed by atoms with Crippen molar-refractivity contribution in [2.45, 2.75) is 62.2 Å². The van der Waals surface area contributed by atoms with E-state index in [4.69, 9.17) is 4.74 Å². The van der Waals surface area contributed by atoms with Crippen LogP contribution in [0.4, 0.5) is 32.6 Å². The summed E-state index contributed by atoms with van der Waals surface area (Å²) in [5.41, 5.74) is -3.11. The average molecular weight is 640 g/mol. The van der Waals surface area contributed by atoms with Gasteiger partial charge in [0, 0.05) is 71.5 Å². The normalized spacial score (nSPS) is 19.2. The molecule has 44 heavy (non-hydrogen) atoms. The van der Waals surface area contributed by atoms with Crippen LogP contribution in [-0.4, -0.2) is 82.6 Å². The van der Waals surface area contributed by atoms with Crippen LogP contribution in [0.25, 0.3) is 22.0 Å². The number of thioether (sulfide) groups is 1. The molecule has 0 aliphatic carbocycles. The van der Waals surface area contributed by atoms with Crippen molar-refractivity contribution in [3.05, 3.63) is 51.9 Å². The van der Waals surface area contributed by atoms with Crippen LogP contribution in [0.3, 0.4) is 0 Å². The van der Waals surface area contributed by atoms with Gasteiger partial charge in [-0.05, 0) is 60.0 Å². The number of alkyl halides is 3. The molecule has 2 aromatic carbocycles. The van der Waals surface area contributed by atoms with Gasteiger partial charge >= 0.3 is 18.0 Å². The highest BCUT2D eigenvalue weighted by molar-refractivity contribution is 8.00. The molecule has 14 heteroatoms. The topological polar surface area (TPSA) is 70.9 Å². The van der Waals surface area contributed by atoms with Gasteiger partial charge in [-0.2, -0.15) is 18.2 Å². The van der Waals surface area contributed by atoms with Gasteiger partial charge in [0.2, 0.25) is 0 Å². The Hall–Kier alpha value is -3.39. The molecule has 3 aromatic rings. The molecule has 0 saturated carbocycles. The maximum Gasteiger partial charge on any atom is 0.417 e. The van der Waals surface area contributed by atoms with Crippen LogP contribution >= 0.6 is 11.8 Å². The summed E-state index contributed by atoms with van der Waals surface area (Å²) >= 11 is 1.14. The van der Waals surface area contributed by atoms with E-state index in [1.54, 1.807) is 46.7 Å². The second kappa shape index (κ2) is 11.5. The second-order valence-electron chi connectivity index (χ2n) is 12.4. The number of anilines is 1. The van der Waals surface area contributed by atoms with Crippen molar-refractivity contribution in [1.29, 1.82) is 0 Å². The van der Waals surface area contributed by atoms with Crippen LogP contribution < -0.4 is 10.6 Å². The molecule has 1 aromatic heterocycles. The summed E-state index contributed by atoms with van der Waals surface area (Å²) < 4.78 is 80.4. The lowest BCUT2D eigenvalue weighted by Crippen LogP contribution is -2.55. The lowest BCUT2D eigenvalue weighted by atomic mass is 9.95. The number of rotatable bonds is 4. The van der Waals surface area contributed by atoms with Crippen LogP contribution in [0, 0.1) is 11.6 Å². The number of carbonyl (C=O) groups excluding carboxylic acids is 1. The molecule has 5 rings (SSSR count). The molecule has 0 N–H and O–H groups in total. The van der Waals surface area contributed by atoms with Gasteiger partial charge in [-0.15, -0.1) is 11.8 Å². The van der Waals surface area contributed by atoms with Gasteiger partial charge in [0.15, 0.2) is 0 Å². The van der Waals surface area contributed by atoms with E-state index in [9.17, 15) is 27.2 Å². The molecule has 0 bridgehead atoms. The van der Waals surface area contributed by atoms with Crippen molar-refractivity contribution < 1.29 is 31.5 Å². The van der Waals surface area contributed by atoms with Gasteiger partial charge in [0.25, 0.3) is 0 Å². The molecular weight excluding hydrogens is 605 g/mol. The number of hydrogen-bond donors (Lipinski definition) is 0. The third-order valence-corrected chi connectivity index (χ3v) is 8.76. The Kier molecular flexibility index (Phi) is 8.38. The van der Waals surface area contributed by atoms with Crippen molar-refractivity contribution in [2.75, 3.05) is 45.2 Å². The monoisotopic (exact) mass is 639 g/mol. The Morgan fingerprint density at radius 1 is 1.11 bits per heavy atom. The Balaban J connectivity index is 1.73. The fourth-order valence-corrected chi connectivity index (χ4v) is 7.35. The summed E-state index contributed by atoms with van der Waals surface area (Å²) in [6.07, 6.45) is -5.43. The van der Waals surface area contributed by atoms with Crippen LogP contribution in [0.15, 0.2) is 34.0 Å². The molecule has 2 aliphatic rings. The molecule has 2 atom stereocenters. The number of hydrogen-bond acceptors (Lipinski definition) is 7. The quantitative estimate of drug-likeness (QED) is 0.332. The van der Waals surface area contributed by atoms with Crippen LogP contribution in [0.2, 0.25) is 0 Å². The minimum atomic E-state index is -4.92. The summed E-state index contributed by atoms with van der Waals surface area (Å²) in [6, 6.07) is 2.95. The first-order valence-corrected chi connectivity index (χ1v) is 15.0. The van der Waals surface area contributed by atoms with E-state index in [0.717, 1.165) is 30.0 Å². The fourth-order valence-electron chi connectivity index (χ4n) is 5.75. The molecule has 0 unspecified atom stereocenters. The average Bonchev–Trinajstić information content (AvgIpc) is 2.88. The van der Waals surface area contributed by atoms with Gasteiger partial charge < -0.3 is 19.4 Å². The first-order valence-electron chi connectivity index (χ1n) is 14.1. The first kappa shape index (κ1) is 32.0. The molecule has 2 aliphatic heterocycles. The number of piperazine rings is 1. The third-order valence-electron chi connectivity index (χ3n) is 7.50. The Labute approximate surface area is 255 Å². The second-order valence-corrected chi connectivity index (χ2v) is 13.8. The lowest BCUT2D eigenvalue weighted by molar-refractivity contribution is -0.137. The maximum atomic E-state index is 15.2. The van der Waals surface area contributed by atoms with Crippen molar-refractivity contribution in [3.8, 4) is 11.1 Å². The summed E-state index contributed by atoms with van der Waals surface area (Å²) in [4.78, 5) is 35.8. The first-order chi connectivity index (χ1) is 20.4. The van der Waals surface area contributed by atoms with E-state index in [1.807, 2.05) is 4.90 Å². The standard InChI is InChI=1S/C30H34F5N5O3S/c1-16-13-38(28(42)43-29(2,3)4)9-10-39(16)26-20-12-21(30(33,34)35)23(19-8-7-17(31)11-22(19)32)25-24(20)40(27(41)36-26)15-18(44-25)14-37(5)6/h7-8,11-12,16,18H,9-10,13-15H2,1-6H3/t16-,18+/m0/s1. The predicted molar refractivity (Wildman–Crippen MR) is 159 cm³/mol. The van der Waals surface area contributed by atoms with Crippen molar-refractivity contribution >= 4 is 34.6 Å². The number of carbonyl (C=O) groups is 1. The number of benzene rings is 2. The highest BCUT2D eigenvalue weighted by Gasteiger charge is 2.41. The van der Waals surface area contributed by atoms with Gasteiger partial charge in [0.05, 0.1) is 11.1 Å². The van der Waals surface area contributed by atoms with E-state index in [1.165, 1.54) is 9.47 Å². The summed E-state index contributed by atoms with van der Waals surface area (Å²) in [5.74, 6) is -2.01. The van der Waals surface area contributed by atoms with Gasteiger partial charge in [-0.25, -0.2) is 18.4 Å². The van der Waals surface area contributed by atoms with Gasteiger partial charge in [-0.1, -0.05) is 0 Å². The van der Waals surface area contributed by atoms with E-state index in [0.29, 0.717) is 12.6 Å². The highest BCUT2D eigenvalue weighted by Crippen LogP contribution is 2.50. The van der Waals surface area contributed by atoms with Crippen molar-refractivity contribution in [1.82, 2.24) is 19.4 Å². The van der Waals surface area contributed by atoms with E-state index in [2.05, 4.69) is 4.98 Å². The predicted octanol–water partition coefficient (Wildman–Crippen LogP) is 5.84. The van der Waals surface area contributed by atoms with Crippen molar-refractivity contribution in [2.24, 2.45) is 0 Å².